The van der Waals surface area contributed by atoms with E-state index in [1.165, 1.54) is 43.4 Å². The number of aromatic nitrogens is 2. The van der Waals surface area contributed by atoms with Gasteiger partial charge in [-0.05, 0) is 85.9 Å². The Labute approximate surface area is 226 Å². The average molecular weight is 497 g/mol. The fourth-order valence-electron chi connectivity index (χ4n) is 5.92. The van der Waals surface area contributed by atoms with Crippen LogP contribution in [0.4, 0.5) is 0 Å². The lowest BCUT2D eigenvalue weighted by atomic mass is 9.91. The zero-order chi connectivity index (χ0) is 25.8. The molecule has 0 unspecified atom stereocenters. The van der Waals surface area contributed by atoms with Crippen molar-refractivity contribution < 1.29 is 0 Å². The van der Waals surface area contributed by atoms with E-state index in [-0.39, 0.29) is 0 Å². The molecule has 39 heavy (non-hydrogen) atoms. The number of nitrogens with zero attached hydrogens (tertiary/aromatic N) is 2. The van der Waals surface area contributed by atoms with E-state index in [2.05, 4.69) is 144 Å². The second-order valence-corrected chi connectivity index (χ2v) is 10.1. The number of rotatable bonds is 3. The molecule has 2 heteroatoms. The maximum Gasteiger partial charge on any atom is 0.145 e. The third-order valence-corrected chi connectivity index (χ3v) is 7.73. The standard InChI is InChI=1S/C37H24N2/c1-2-12-31(13-3-1)39-35-17-9-8-16-34(35)38-37(39)30-21-19-25-22-29(20-18-26(25)23-30)36-32-14-6-4-10-27(32)24-28-11-5-7-15-33(28)36/h1-24H. The molecule has 1 aromatic heterocycles. The molecule has 0 bridgehead atoms. The first-order valence-corrected chi connectivity index (χ1v) is 13.3. The number of hydrogen-bond acceptors (Lipinski definition) is 1. The van der Waals surface area contributed by atoms with Gasteiger partial charge in [0.1, 0.15) is 5.82 Å². The van der Waals surface area contributed by atoms with Crippen LogP contribution in [0.1, 0.15) is 0 Å². The third-order valence-electron chi connectivity index (χ3n) is 7.73. The van der Waals surface area contributed by atoms with Gasteiger partial charge >= 0.3 is 0 Å². The number of hydrogen-bond donors (Lipinski definition) is 0. The van der Waals surface area contributed by atoms with Gasteiger partial charge < -0.3 is 0 Å². The van der Waals surface area contributed by atoms with Gasteiger partial charge in [-0.3, -0.25) is 4.57 Å². The summed E-state index contributed by atoms with van der Waals surface area (Å²) in [6.07, 6.45) is 0. The van der Waals surface area contributed by atoms with E-state index >= 15 is 0 Å². The maximum atomic E-state index is 5.06. The quantitative estimate of drug-likeness (QED) is 0.223. The number of benzene rings is 7. The van der Waals surface area contributed by atoms with Gasteiger partial charge in [0.25, 0.3) is 0 Å². The molecule has 1 heterocycles. The van der Waals surface area contributed by atoms with Gasteiger partial charge in [-0.25, -0.2) is 4.98 Å². The molecule has 0 aliphatic carbocycles. The van der Waals surface area contributed by atoms with Crippen LogP contribution in [0.15, 0.2) is 146 Å². The lowest BCUT2D eigenvalue weighted by Crippen LogP contribution is -1.97. The number of imidazole rings is 1. The normalized spacial score (nSPS) is 11.6. The highest BCUT2D eigenvalue weighted by molar-refractivity contribution is 6.13. The molecule has 0 radical (unpaired) electrons. The molecule has 0 aliphatic heterocycles. The van der Waals surface area contributed by atoms with Crippen molar-refractivity contribution in [1.82, 2.24) is 9.55 Å². The summed E-state index contributed by atoms with van der Waals surface area (Å²) in [5.41, 5.74) is 6.84. The largest absolute Gasteiger partial charge is 0.292 e. The zero-order valence-electron chi connectivity index (χ0n) is 21.3. The molecule has 0 atom stereocenters. The molecule has 8 rings (SSSR count). The lowest BCUT2D eigenvalue weighted by Gasteiger charge is -2.13. The van der Waals surface area contributed by atoms with Crippen LogP contribution in [0.3, 0.4) is 0 Å². The molecule has 0 saturated carbocycles. The van der Waals surface area contributed by atoms with Crippen LogP contribution in [0, 0.1) is 0 Å². The van der Waals surface area contributed by atoms with Crippen LogP contribution >= 0.6 is 0 Å². The highest BCUT2D eigenvalue weighted by Gasteiger charge is 2.15. The van der Waals surface area contributed by atoms with E-state index in [1.54, 1.807) is 0 Å². The van der Waals surface area contributed by atoms with Crippen LogP contribution in [-0.2, 0) is 0 Å². The van der Waals surface area contributed by atoms with Gasteiger partial charge in [-0.1, -0.05) is 103 Å². The van der Waals surface area contributed by atoms with Gasteiger partial charge in [-0.2, -0.15) is 0 Å². The Balaban J connectivity index is 1.32. The van der Waals surface area contributed by atoms with Crippen molar-refractivity contribution in [2.75, 3.05) is 0 Å². The molecule has 0 aliphatic rings. The van der Waals surface area contributed by atoms with Crippen LogP contribution < -0.4 is 0 Å². The summed E-state index contributed by atoms with van der Waals surface area (Å²) in [7, 11) is 0. The summed E-state index contributed by atoms with van der Waals surface area (Å²) in [6.45, 7) is 0. The van der Waals surface area contributed by atoms with Gasteiger partial charge in [0.15, 0.2) is 0 Å². The van der Waals surface area contributed by atoms with Gasteiger partial charge in [0.05, 0.1) is 11.0 Å². The van der Waals surface area contributed by atoms with Crippen LogP contribution in [0.5, 0.6) is 0 Å². The smallest absolute Gasteiger partial charge is 0.145 e. The SMILES string of the molecule is c1ccc(-n2c(-c3ccc4cc(-c5c6ccccc6cc6ccccc56)ccc4c3)nc3ccccc32)cc1. The molecule has 0 N–H and O–H groups in total. The number of para-hydroxylation sites is 3. The van der Waals surface area contributed by atoms with Crippen molar-refractivity contribution in [3.05, 3.63) is 146 Å². The van der Waals surface area contributed by atoms with Crippen molar-refractivity contribution in [1.29, 1.82) is 0 Å². The summed E-state index contributed by atoms with van der Waals surface area (Å²) < 4.78 is 2.26. The molecule has 2 nitrogen and oxygen atoms in total. The van der Waals surface area contributed by atoms with Gasteiger partial charge in [0.2, 0.25) is 0 Å². The molecule has 8 aromatic rings. The predicted octanol–water partition coefficient (Wildman–Crippen LogP) is 9.82. The van der Waals surface area contributed by atoms with Crippen LogP contribution in [-0.4, -0.2) is 9.55 Å². The fraction of sp³-hybridized carbons (Fsp3) is 0. The Hall–Kier alpha value is -5.21. The van der Waals surface area contributed by atoms with Crippen LogP contribution in [0.25, 0.3) is 71.6 Å². The predicted molar refractivity (Wildman–Crippen MR) is 164 cm³/mol. The molecule has 0 spiro atoms. The Bertz CT molecular complexity index is 2120. The zero-order valence-corrected chi connectivity index (χ0v) is 21.3. The van der Waals surface area contributed by atoms with E-state index in [4.69, 9.17) is 4.98 Å². The van der Waals surface area contributed by atoms with E-state index in [9.17, 15) is 0 Å². The summed E-state index contributed by atoms with van der Waals surface area (Å²) in [6, 6.07) is 52.0. The molecule has 0 amide bonds. The maximum absolute atomic E-state index is 5.06. The fourth-order valence-corrected chi connectivity index (χ4v) is 5.92. The van der Waals surface area contributed by atoms with Crippen molar-refractivity contribution in [3.63, 3.8) is 0 Å². The minimum atomic E-state index is 0.952. The number of fused-ring (bicyclic) bond motifs is 4. The van der Waals surface area contributed by atoms with Crippen LogP contribution in [0.2, 0.25) is 0 Å². The monoisotopic (exact) mass is 496 g/mol. The van der Waals surface area contributed by atoms with E-state index in [0.717, 1.165) is 28.1 Å². The highest BCUT2D eigenvalue weighted by Crippen LogP contribution is 2.38. The lowest BCUT2D eigenvalue weighted by molar-refractivity contribution is 1.10. The van der Waals surface area contributed by atoms with Gasteiger partial charge in [-0.15, -0.1) is 0 Å². The molecule has 182 valence electrons. The summed E-state index contributed by atoms with van der Waals surface area (Å²) in [5.74, 6) is 0.952. The summed E-state index contributed by atoms with van der Waals surface area (Å²) >= 11 is 0. The van der Waals surface area contributed by atoms with E-state index in [0.29, 0.717) is 0 Å². The second kappa shape index (κ2) is 8.68. The first-order valence-electron chi connectivity index (χ1n) is 13.3. The molecular formula is C37H24N2. The highest BCUT2D eigenvalue weighted by atomic mass is 15.1. The Morgan fingerprint density at radius 1 is 0.436 bits per heavy atom. The Kier molecular flexibility index (Phi) is 4.86. The first kappa shape index (κ1) is 21.8. The van der Waals surface area contributed by atoms with E-state index in [1.807, 2.05) is 6.07 Å². The topological polar surface area (TPSA) is 17.8 Å². The minimum absolute atomic E-state index is 0.952. The second-order valence-electron chi connectivity index (χ2n) is 10.1. The minimum Gasteiger partial charge on any atom is -0.292 e. The molecular weight excluding hydrogens is 472 g/mol. The average Bonchev–Trinajstić information content (AvgIpc) is 3.39. The summed E-state index contributed by atoms with van der Waals surface area (Å²) in [4.78, 5) is 5.06. The molecule has 0 saturated heterocycles. The first-order chi connectivity index (χ1) is 19.3. The molecule has 7 aromatic carbocycles. The summed E-state index contributed by atoms with van der Waals surface area (Å²) in [5, 5.41) is 7.51. The van der Waals surface area contributed by atoms with Crippen molar-refractivity contribution in [2.45, 2.75) is 0 Å². The van der Waals surface area contributed by atoms with Crippen molar-refractivity contribution >= 4 is 43.4 Å². The van der Waals surface area contributed by atoms with Crippen molar-refractivity contribution in [3.8, 4) is 28.2 Å². The Morgan fingerprint density at radius 2 is 1.03 bits per heavy atom. The third kappa shape index (κ3) is 3.53. The van der Waals surface area contributed by atoms with Gasteiger partial charge in [0, 0.05) is 11.3 Å². The van der Waals surface area contributed by atoms with E-state index < -0.39 is 0 Å². The Morgan fingerprint density at radius 3 is 1.77 bits per heavy atom. The molecule has 0 fully saturated rings. The van der Waals surface area contributed by atoms with Crippen molar-refractivity contribution in [2.24, 2.45) is 0 Å².